The van der Waals surface area contributed by atoms with Gasteiger partial charge in [-0.25, -0.2) is 4.79 Å². The first-order chi connectivity index (χ1) is 5.70. The molecule has 12 heavy (non-hydrogen) atoms. The minimum atomic E-state index is -0.576. The molecule has 0 aromatic carbocycles. The van der Waals surface area contributed by atoms with Crippen LogP contribution in [-0.2, 0) is 14.3 Å². The van der Waals surface area contributed by atoms with E-state index in [4.69, 9.17) is 0 Å². The maximum atomic E-state index is 10.6. The third-order valence-corrected chi connectivity index (χ3v) is 0.967. The predicted molar refractivity (Wildman–Crippen MR) is 39.5 cm³/mol. The first kappa shape index (κ1) is 10.4. The summed E-state index contributed by atoms with van der Waals surface area (Å²) >= 11 is 0. The maximum Gasteiger partial charge on any atom is 0.325 e. The number of rotatable bonds is 4. The second-order valence-electron chi connectivity index (χ2n) is 1.81. The summed E-state index contributed by atoms with van der Waals surface area (Å²) in [7, 11) is 1.22. The van der Waals surface area contributed by atoms with Crippen LogP contribution in [0.15, 0.2) is 0 Å². The van der Waals surface area contributed by atoms with Crippen LogP contribution in [-0.4, -0.2) is 38.5 Å². The molecule has 0 fully saturated rings. The molecular weight excluding hydrogens is 164 g/mol. The summed E-state index contributed by atoms with van der Waals surface area (Å²) in [6, 6.07) is -0.576. The van der Waals surface area contributed by atoms with Crippen molar-refractivity contribution < 1.29 is 19.1 Å². The van der Waals surface area contributed by atoms with Crippen LogP contribution < -0.4 is 10.6 Å². The van der Waals surface area contributed by atoms with E-state index in [1.54, 1.807) is 0 Å². The van der Waals surface area contributed by atoms with Crippen molar-refractivity contribution in [2.75, 3.05) is 20.2 Å². The molecule has 0 rings (SSSR count). The average molecular weight is 174 g/mol. The highest BCUT2D eigenvalue weighted by atomic mass is 16.5. The predicted octanol–water partition coefficient (Wildman–Crippen LogP) is -1.34. The fourth-order valence-electron chi connectivity index (χ4n) is 0.421. The van der Waals surface area contributed by atoms with Crippen molar-refractivity contribution in [3.8, 4) is 0 Å². The first-order valence-corrected chi connectivity index (χ1v) is 3.23. The molecule has 0 saturated heterocycles. The fraction of sp³-hybridized carbons (Fsp3) is 0.500. The molecule has 0 atom stereocenters. The number of amides is 2. The van der Waals surface area contributed by atoms with E-state index in [2.05, 4.69) is 15.4 Å². The van der Waals surface area contributed by atoms with Crippen LogP contribution in [0.2, 0.25) is 0 Å². The summed E-state index contributed by atoms with van der Waals surface area (Å²) in [5.41, 5.74) is 0. The Hall–Kier alpha value is -1.59. The molecule has 0 spiro atoms. The summed E-state index contributed by atoms with van der Waals surface area (Å²) in [6.07, 6.45) is 0.539. The zero-order valence-electron chi connectivity index (χ0n) is 6.62. The van der Waals surface area contributed by atoms with Crippen LogP contribution in [0.3, 0.4) is 0 Å². The molecule has 0 radical (unpaired) electrons. The van der Waals surface area contributed by atoms with Gasteiger partial charge < -0.3 is 20.2 Å². The van der Waals surface area contributed by atoms with Gasteiger partial charge in [-0.1, -0.05) is 0 Å². The standard InChI is InChI=1S/C6H10N2O4/c1-12-5(10)4-8-6(11)7-2-3-9/h3H,2,4H2,1H3,(H2,7,8,11). The van der Waals surface area contributed by atoms with E-state index in [9.17, 15) is 14.4 Å². The first-order valence-electron chi connectivity index (χ1n) is 3.23. The van der Waals surface area contributed by atoms with Crippen LogP contribution in [0, 0.1) is 0 Å². The van der Waals surface area contributed by atoms with Gasteiger partial charge in [-0.05, 0) is 0 Å². The monoisotopic (exact) mass is 174 g/mol. The highest BCUT2D eigenvalue weighted by Crippen LogP contribution is 1.69. The molecule has 0 unspecified atom stereocenters. The van der Waals surface area contributed by atoms with Gasteiger partial charge in [0.25, 0.3) is 0 Å². The van der Waals surface area contributed by atoms with Crippen molar-refractivity contribution in [3.63, 3.8) is 0 Å². The lowest BCUT2D eigenvalue weighted by atomic mass is 10.6. The molecule has 0 aliphatic heterocycles. The van der Waals surface area contributed by atoms with Crippen LogP contribution in [0.5, 0.6) is 0 Å². The number of urea groups is 1. The van der Waals surface area contributed by atoms with E-state index in [-0.39, 0.29) is 13.1 Å². The lowest BCUT2D eigenvalue weighted by molar-refractivity contribution is -0.139. The smallest absolute Gasteiger partial charge is 0.325 e. The number of hydrogen-bond acceptors (Lipinski definition) is 4. The van der Waals surface area contributed by atoms with Gasteiger partial charge in [-0.2, -0.15) is 0 Å². The van der Waals surface area contributed by atoms with Crippen LogP contribution >= 0.6 is 0 Å². The van der Waals surface area contributed by atoms with E-state index in [1.807, 2.05) is 0 Å². The third kappa shape index (κ3) is 5.21. The Morgan fingerprint density at radius 1 is 1.42 bits per heavy atom. The third-order valence-electron chi connectivity index (χ3n) is 0.967. The molecule has 68 valence electrons. The van der Waals surface area contributed by atoms with Crippen molar-refractivity contribution in [1.29, 1.82) is 0 Å². The molecular formula is C6H10N2O4. The number of nitrogens with one attached hydrogen (secondary N) is 2. The molecule has 6 heteroatoms. The van der Waals surface area contributed by atoms with Gasteiger partial charge in [0.15, 0.2) is 0 Å². The Balaban J connectivity index is 3.43. The highest BCUT2D eigenvalue weighted by molar-refractivity contribution is 5.81. The topological polar surface area (TPSA) is 84.5 Å². The molecule has 0 aliphatic carbocycles. The van der Waals surface area contributed by atoms with Gasteiger partial charge >= 0.3 is 12.0 Å². The molecule has 0 aliphatic rings. The summed E-state index contributed by atoms with van der Waals surface area (Å²) in [5.74, 6) is -0.545. The number of ether oxygens (including phenoxy) is 1. The molecule has 0 saturated carbocycles. The number of methoxy groups -OCH3 is 1. The summed E-state index contributed by atoms with van der Waals surface area (Å²) < 4.78 is 4.25. The van der Waals surface area contributed by atoms with Crippen LogP contribution in [0.1, 0.15) is 0 Å². The number of carbonyl (C=O) groups is 3. The second-order valence-corrected chi connectivity index (χ2v) is 1.81. The summed E-state index contributed by atoms with van der Waals surface area (Å²) in [5, 5.41) is 4.37. The Kier molecular flexibility index (Phi) is 5.33. The van der Waals surface area contributed by atoms with Crippen LogP contribution in [0.25, 0.3) is 0 Å². The minimum Gasteiger partial charge on any atom is -0.468 e. The van der Waals surface area contributed by atoms with Crippen molar-refractivity contribution in [3.05, 3.63) is 0 Å². The van der Waals surface area contributed by atoms with Gasteiger partial charge in [0, 0.05) is 0 Å². The van der Waals surface area contributed by atoms with Crippen molar-refractivity contribution in [2.24, 2.45) is 0 Å². The maximum absolute atomic E-state index is 10.6. The fourth-order valence-corrected chi connectivity index (χ4v) is 0.421. The van der Waals surface area contributed by atoms with Gasteiger partial charge in [-0.15, -0.1) is 0 Å². The summed E-state index contributed by atoms with van der Waals surface area (Å²) in [4.78, 5) is 30.9. The lowest BCUT2D eigenvalue weighted by Gasteiger charge is -2.02. The van der Waals surface area contributed by atoms with Crippen molar-refractivity contribution in [1.82, 2.24) is 10.6 Å². The number of carbonyl (C=O) groups excluding carboxylic acids is 3. The largest absolute Gasteiger partial charge is 0.468 e. The van der Waals surface area contributed by atoms with Crippen molar-refractivity contribution >= 4 is 18.3 Å². The zero-order chi connectivity index (χ0) is 9.40. The average Bonchev–Trinajstić information content (AvgIpc) is 2.10. The van der Waals surface area contributed by atoms with E-state index < -0.39 is 12.0 Å². The van der Waals surface area contributed by atoms with E-state index in [1.165, 1.54) is 7.11 Å². The molecule has 0 aromatic heterocycles. The Labute approximate surface area is 69.3 Å². The normalized spacial score (nSPS) is 8.42. The van der Waals surface area contributed by atoms with Gasteiger partial charge in [0.05, 0.1) is 13.7 Å². The zero-order valence-corrected chi connectivity index (χ0v) is 6.62. The van der Waals surface area contributed by atoms with E-state index >= 15 is 0 Å². The molecule has 6 nitrogen and oxygen atoms in total. The van der Waals surface area contributed by atoms with Gasteiger partial charge in [0.2, 0.25) is 0 Å². The number of esters is 1. The molecule has 0 bridgehead atoms. The van der Waals surface area contributed by atoms with E-state index in [0.717, 1.165) is 0 Å². The van der Waals surface area contributed by atoms with Crippen LogP contribution in [0.4, 0.5) is 4.79 Å². The minimum absolute atomic E-state index is 0.0764. The second kappa shape index (κ2) is 6.14. The van der Waals surface area contributed by atoms with Gasteiger partial charge in [-0.3, -0.25) is 4.79 Å². The van der Waals surface area contributed by atoms with E-state index in [0.29, 0.717) is 6.29 Å². The molecule has 0 aromatic rings. The molecule has 0 heterocycles. The Bertz CT molecular complexity index is 180. The number of aldehydes is 1. The Morgan fingerprint density at radius 2 is 2.08 bits per heavy atom. The number of hydrogen-bond donors (Lipinski definition) is 2. The lowest BCUT2D eigenvalue weighted by Crippen LogP contribution is -2.39. The molecule has 2 amide bonds. The molecule has 2 N–H and O–H groups in total. The Morgan fingerprint density at radius 3 is 2.58 bits per heavy atom. The summed E-state index contributed by atoms with van der Waals surface area (Å²) in [6.45, 7) is -0.284. The van der Waals surface area contributed by atoms with Crippen molar-refractivity contribution in [2.45, 2.75) is 0 Å². The quantitative estimate of drug-likeness (QED) is 0.408. The highest BCUT2D eigenvalue weighted by Gasteiger charge is 2.02. The van der Waals surface area contributed by atoms with Gasteiger partial charge in [0.1, 0.15) is 12.8 Å². The SMILES string of the molecule is COC(=O)CNC(=O)NCC=O.